The number of nitrogens with one attached hydrogen (secondary N) is 2. The van der Waals surface area contributed by atoms with E-state index in [0.29, 0.717) is 23.8 Å². The van der Waals surface area contributed by atoms with E-state index in [1.54, 1.807) is 18.5 Å². The van der Waals surface area contributed by atoms with E-state index < -0.39 is 17.3 Å². The van der Waals surface area contributed by atoms with Gasteiger partial charge < -0.3 is 15.7 Å². The Morgan fingerprint density at radius 1 is 1.27 bits per heavy atom. The van der Waals surface area contributed by atoms with Crippen molar-refractivity contribution in [1.82, 2.24) is 29.5 Å². The zero-order valence-corrected chi connectivity index (χ0v) is 17.4. The smallest absolute Gasteiger partial charge is 0.270 e. The third kappa shape index (κ3) is 3.98. The van der Waals surface area contributed by atoms with Crippen LogP contribution in [0, 0.1) is 12.3 Å². The van der Waals surface area contributed by atoms with E-state index in [9.17, 15) is 14.7 Å². The van der Waals surface area contributed by atoms with Crippen LogP contribution in [0.4, 0.5) is 11.6 Å². The van der Waals surface area contributed by atoms with Gasteiger partial charge in [-0.2, -0.15) is 4.52 Å². The standard InChI is InChI=1S/C20H25N7O3/c1-11-8-21-9-14(22-11)24-13-7-15-26(10-20(2,3)4)18(29)16(19(30)27(15)25-13)17(28)23-12-5-6-12/h7-9,12,30H,5-6,10H2,1-4H3,(H,23,28)(H,22,24,25). The van der Waals surface area contributed by atoms with Gasteiger partial charge in [0.2, 0.25) is 5.88 Å². The maximum Gasteiger partial charge on any atom is 0.270 e. The minimum Gasteiger partial charge on any atom is -0.492 e. The van der Waals surface area contributed by atoms with Crippen molar-refractivity contribution in [2.45, 2.75) is 53.1 Å². The van der Waals surface area contributed by atoms with Gasteiger partial charge in [-0.1, -0.05) is 20.8 Å². The molecule has 10 heteroatoms. The summed E-state index contributed by atoms with van der Waals surface area (Å²) < 4.78 is 2.68. The first-order valence-corrected chi connectivity index (χ1v) is 9.84. The number of fused-ring (bicyclic) bond motifs is 1. The summed E-state index contributed by atoms with van der Waals surface area (Å²) >= 11 is 0. The fourth-order valence-corrected chi connectivity index (χ4v) is 3.19. The fraction of sp³-hybridized carbons (Fsp3) is 0.450. The molecule has 0 aliphatic heterocycles. The SMILES string of the molecule is Cc1cncc(Nc2cc3n(CC(C)(C)C)c(=O)c(C(=O)NC4CC4)c(O)n3n2)n1. The molecule has 1 fully saturated rings. The number of aryl methyl sites for hydroxylation is 1. The van der Waals surface area contributed by atoms with Crippen LogP contribution in [0.5, 0.6) is 5.88 Å². The highest BCUT2D eigenvalue weighted by molar-refractivity contribution is 5.96. The molecule has 30 heavy (non-hydrogen) atoms. The van der Waals surface area contributed by atoms with Crippen LogP contribution in [0.1, 0.15) is 49.7 Å². The molecule has 4 rings (SSSR count). The number of nitrogens with zero attached hydrogens (tertiary/aromatic N) is 5. The maximum atomic E-state index is 13.2. The topological polar surface area (TPSA) is 126 Å². The fourth-order valence-electron chi connectivity index (χ4n) is 3.19. The average molecular weight is 411 g/mol. The summed E-state index contributed by atoms with van der Waals surface area (Å²) in [6.07, 6.45) is 4.93. The molecule has 10 nitrogen and oxygen atoms in total. The van der Waals surface area contributed by atoms with E-state index in [4.69, 9.17) is 0 Å². The first-order valence-electron chi connectivity index (χ1n) is 9.84. The monoisotopic (exact) mass is 411 g/mol. The quantitative estimate of drug-likeness (QED) is 0.586. The highest BCUT2D eigenvalue weighted by atomic mass is 16.3. The van der Waals surface area contributed by atoms with Crippen molar-refractivity contribution in [1.29, 1.82) is 0 Å². The second-order valence-electron chi connectivity index (χ2n) is 8.87. The average Bonchev–Trinajstić information content (AvgIpc) is 3.34. The van der Waals surface area contributed by atoms with E-state index in [0.717, 1.165) is 18.5 Å². The molecular formula is C20H25N7O3. The number of anilines is 2. The van der Waals surface area contributed by atoms with Crippen molar-refractivity contribution >= 4 is 23.2 Å². The molecule has 3 heterocycles. The number of hydrogen-bond donors (Lipinski definition) is 3. The molecule has 1 saturated carbocycles. The summed E-state index contributed by atoms with van der Waals surface area (Å²) in [5.74, 6) is -0.220. The number of carbonyl (C=O) groups is 1. The van der Waals surface area contributed by atoms with Gasteiger partial charge in [0, 0.05) is 24.8 Å². The lowest BCUT2D eigenvalue weighted by Gasteiger charge is -2.21. The molecule has 0 radical (unpaired) electrons. The summed E-state index contributed by atoms with van der Waals surface area (Å²) in [6.45, 7) is 8.13. The van der Waals surface area contributed by atoms with Crippen molar-refractivity contribution in [2.75, 3.05) is 5.32 Å². The van der Waals surface area contributed by atoms with Crippen LogP contribution < -0.4 is 16.2 Å². The van der Waals surface area contributed by atoms with Crippen LogP contribution in [-0.4, -0.2) is 41.2 Å². The van der Waals surface area contributed by atoms with Crippen LogP contribution >= 0.6 is 0 Å². The van der Waals surface area contributed by atoms with E-state index in [1.165, 1.54) is 9.08 Å². The lowest BCUT2D eigenvalue weighted by atomic mass is 9.97. The van der Waals surface area contributed by atoms with Crippen LogP contribution in [0.2, 0.25) is 0 Å². The molecule has 158 valence electrons. The molecule has 0 atom stereocenters. The molecular weight excluding hydrogens is 386 g/mol. The molecule has 0 aromatic carbocycles. The largest absolute Gasteiger partial charge is 0.492 e. The first-order chi connectivity index (χ1) is 14.1. The summed E-state index contributed by atoms with van der Waals surface area (Å²) in [5, 5.41) is 20.9. The third-order valence-electron chi connectivity index (χ3n) is 4.63. The van der Waals surface area contributed by atoms with Crippen LogP contribution in [0.25, 0.3) is 5.65 Å². The van der Waals surface area contributed by atoms with Crippen LogP contribution in [0.15, 0.2) is 23.3 Å². The van der Waals surface area contributed by atoms with E-state index in [1.807, 2.05) is 27.7 Å². The first kappa shape index (κ1) is 19.9. The molecule has 0 unspecified atom stereocenters. The van der Waals surface area contributed by atoms with Gasteiger partial charge in [0.15, 0.2) is 11.4 Å². The van der Waals surface area contributed by atoms with Crippen molar-refractivity contribution in [3.63, 3.8) is 0 Å². The Morgan fingerprint density at radius 2 is 2.00 bits per heavy atom. The number of rotatable bonds is 5. The predicted octanol–water partition coefficient (Wildman–Crippen LogP) is 1.98. The summed E-state index contributed by atoms with van der Waals surface area (Å²) in [4.78, 5) is 34.3. The number of hydrogen-bond acceptors (Lipinski definition) is 7. The predicted molar refractivity (Wildman–Crippen MR) is 111 cm³/mol. The highest BCUT2D eigenvalue weighted by Gasteiger charge is 2.30. The number of carbonyl (C=O) groups excluding carboxylic acids is 1. The van der Waals surface area contributed by atoms with E-state index in [-0.39, 0.29) is 17.0 Å². The zero-order chi connectivity index (χ0) is 21.6. The van der Waals surface area contributed by atoms with Gasteiger partial charge in [-0.05, 0) is 25.2 Å². The summed E-state index contributed by atoms with van der Waals surface area (Å²) in [5.41, 5.74) is 0.0121. The zero-order valence-electron chi connectivity index (χ0n) is 17.4. The van der Waals surface area contributed by atoms with Gasteiger partial charge in [-0.3, -0.25) is 19.1 Å². The van der Waals surface area contributed by atoms with Gasteiger partial charge in [0.1, 0.15) is 11.5 Å². The number of aromatic nitrogens is 5. The third-order valence-corrected chi connectivity index (χ3v) is 4.63. The van der Waals surface area contributed by atoms with Crippen molar-refractivity contribution in [3.05, 3.63) is 40.1 Å². The van der Waals surface area contributed by atoms with Gasteiger partial charge in [0.25, 0.3) is 11.5 Å². The number of aromatic hydroxyl groups is 1. The minimum absolute atomic E-state index is 0.0535. The molecule has 0 bridgehead atoms. The lowest BCUT2D eigenvalue weighted by Crippen LogP contribution is -2.37. The van der Waals surface area contributed by atoms with Crippen LogP contribution in [-0.2, 0) is 6.54 Å². The molecule has 3 N–H and O–H groups in total. The molecule has 1 aliphatic rings. The normalized spacial score (nSPS) is 14.1. The van der Waals surface area contributed by atoms with Gasteiger partial charge in [-0.25, -0.2) is 4.98 Å². The Bertz CT molecular complexity index is 1190. The van der Waals surface area contributed by atoms with E-state index in [2.05, 4.69) is 25.7 Å². The Labute approximate surface area is 173 Å². The second kappa shape index (κ2) is 7.12. The minimum atomic E-state index is -0.584. The van der Waals surface area contributed by atoms with Crippen LogP contribution in [0.3, 0.4) is 0 Å². The van der Waals surface area contributed by atoms with Gasteiger partial charge in [-0.15, -0.1) is 5.10 Å². The highest BCUT2D eigenvalue weighted by Crippen LogP contribution is 2.25. The Kier molecular flexibility index (Phi) is 4.71. The Morgan fingerprint density at radius 3 is 2.63 bits per heavy atom. The van der Waals surface area contributed by atoms with Crippen molar-refractivity contribution in [3.8, 4) is 5.88 Å². The van der Waals surface area contributed by atoms with Gasteiger partial charge >= 0.3 is 0 Å². The summed E-state index contributed by atoms with van der Waals surface area (Å²) in [6, 6.07) is 1.69. The molecule has 0 saturated heterocycles. The molecule has 3 aromatic rings. The van der Waals surface area contributed by atoms with Crippen molar-refractivity contribution < 1.29 is 9.90 Å². The lowest BCUT2D eigenvalue weighted by molar-refractivity contribution is 0.0944. The Balaban J connectivity index is 1.85. The van der Waals surface area contributed by atoms with Crippen molar-refractivity contribution in [2.24, 2.45) is 5.41 Å². The number of amides is 1. The second-order valence-corrected chi connectivity index (χ2v) is 8.87. The maximum absolute atomic E-state index is 13.2. The van der Waals surface area contributed by atoms with E-state index >= 15 is 0 Å². The molecule has 0 spiro atoms. The summed E-state index contributed by atoms with van der Waals surface area (Å²) in [7, 11) is 0. The molecule has 1 amide bonds. The molecule has 1 aliphatic carbocycles. The Hall–Kier alpha value is -3.43. The molecule has 3 aromatic heterocycles. The van der Waals surface area contributed by atoms with Gasteiger partial charge in [0.05, 0.1) is 11.9 Å².